The number of esters is 3. The van der Waals surface area contributed by atoms with E-state index in [0.29, 0.717) is 19.3 Å². The fourth-order valence-corrected chi connectivity index (χ4v) is 6.81. The number of rotatable bonds is 43. The Morgan fingerprint density at radius 1 is 0.364 bits per heavy atom. The van der Waals surface area contributed by atoms with Gasteiger partial charge in [0.15, 0.2) is 6.10 Å². The fourth-order valence-electron chi connectivity index (χ4n) is 6.81. The maximum atomic E-state index is 12.7. The number of carbonyl (C=O) groups excluding carboxylic acids is 3. The Bertz CT molecular complexity index is 896. The molecule has 0 heterocycles. The lowest BCUT2D eigenvalue weighted by Crippen LogP contribution is -2.30. The van der Waals surface area contributed by atoms with Gasteiger partial charge >= 0.3 is 17.9 Å². The van der Waals surface area contributed by atoms with Gasteiger partial charge in [-0.15, -0.1) is 0 Å². The van der Waals surface area contributed by atoms with Crippen molar-refractivity contribution in [2.75, 3.05) is 13.2 Å². The van der Waals surface area contributed by atoms with Gasteiger partial charge in [0, 0.05) is 19.3 Å². The van der Waals surface area contributed by atoms with Crippen LogP contribution in [0.2, 0.25) is 0 Å². The van der Waals surface area contributed by atoms with Gasteiger partial charge in [0.1, 0.15) is 13.2 Å². The SMILES string of the molecule is CCCC/C=C\C/C=C\CCCCCCCC(=O)OCC(COC(=O)CCCCCCCCCCCC)OC(=O)CCCCCCCCCCCCCCC. The van der Waals surface area contributed by atoms with Gasteiger partial charge in [0.05, 0.1) is 0 Å². The molecule has 0 spiro atoms. The number of carbonyl (C=O) groups is 3. The van der Waals surface area contributed by atoms with Crippen LogP contribution in [-0.2, 0) is 28.6 Å². The second-order valence-corrected chi connectivity index (χ2v) is 16.0. The van der Waals surface area contributed by atoms with Crippen LogP contribution in [0.3, 0.4) is 0 Å². The van der Waals surface area contributed by atoms with Crippen molar-refractivity contribution in [2.24, 2.45) is 0 Å². The van der Waals surface area contributed by atoms with Crippen LogP contribution in [0.15, 0.2) is 24.3 Å². The van der Waals surface area contributed by atoms with E-state index in [0.717, 1.165) is 77.0 Å². The molecule has 0 saturated carbocycles. The van der Waals surface area contributed by atoms with Gasteiger partial charge in [0.25, 0.3) is 0 Å². The average molecular weight is 775 g/mol. The summed E-state index contributed by atoms with van der Waals surface area (Å²) < 4.78 is 16.7. The van der Waals surface area contributed by atoms with Gasteiger partial charge < -0.3 is 14.2 Å². The van der Waals surface area contributed by atoms with E-state index in [9.17, 15) is 14.4 Å². The van der Waals surface area contributed by atoms with Crippen LogP contribution in [0.25, 0.3) is 0 Å². The number of ether oxygens (including phenoxy) is 3. The lowest BCUT2D eigenvalue weighted by atomic mass is 10.0. The summed E-state index contributed by atoms with van der Waals surface area (Å²) in [5, 5.41) is 0. The molecule has 0 aromatic rings. The third-order valence-electron chi connectivity index (χ3n) is 10.5. The molecule has 322 valence electrons. The van der Waals surface area contributed by atoms with Crippen LogP contribution in [0.1, 0.15) is 252 Å². The molecular formula is C49H90O6. The molecule has 0 bridgehead atoms. The summed E-state index contributed by atoms with van der Waals surface area (Å²) >= 11 is 0. The summed E-state index contributed by atoms with van der Waals surface area (Å²) in [4.78, 5) is 37.8. The highest BCUT2D eigenvalue weighted by Crippen LogP contribution is 2.15. The first kappa shape index (κ1) is 52.9. The van der Waals surface area contributed by atoms with E-state index in [4.69, 9.17) is 14.2 Å². The Morgan fingerprint density at radius 2 is 0.673 bits per heavy atom. The Morgan fingerprint density at radius 3 is 1.05 bits per heavy atom. The molecular weight excluding hydrogens is 685 g/mol. The monoisotopic (exact) mass is 775 g/mol. The van der Waals surface area contributed by atoms with Gasteiger partial charge in [-0.05, 0) is 44.9 Å². The molecule has 0 aliphatic heterocycles. The van der Waals surface area contributed by atoms with E-state index in [1.807, 2.05) is 0 Å². The summed E-state index contributed by atoms with van der Waals surface area (Å²) in [5.74, 6) is -0.879. The maximum absolute atomic E-state index is 12.7. The van der Waals surface area contributed by atoms with Gasteiger partial charge in [-0.2, -0.15) is 0 Å². The standard InChI is InChI=1S/C49H90O6/c1-4-7-10-13-16-19-22-24-26-27-30-33-36-39-42-48(51)54-45-46(44-53-47(50)41-38-35-32-29-21-18-15-12-9-6-3)55-49(52)43-40-37-34-31-28-25-23-20-17-14-11-8-5-2/h13,16,22,24,46H,4-12,14-15,17-21,23,25-45H2,1-3H3/b16-13-,24-22-. The van der Waals surface area contributed by atoms with Crippen molar-refractivity contribution in [3.8, 4) is 0 Å². The van der Waals surface area contributed by atoms with E-state index in [1.165, 1.54) is 135 Å². The number of unbranched alkanes of at least 4 members (excludes halogenated alkanes) is 28. The van der Waals surface area contributed by atoms with Crippen LogP contribution in [-0.4, -0.2) is 37.2 Å². The third kappa shape index (κ3) is 42.9. The summed E-state index contributed by atoms with van der Waals surface area (Å²) in [6.07, 6.45) is 48.7. The van der Waals surface area contributed by atoms with Crippen molar-refractivity contribution < 1.29 is 28.6 Å². The molecule has 55 heavy (non-hydrogen) atoms. The molecule has 0 aliphatic rings. The Kier molecular flexibility index (Phi) is 42.9. The molecule has 1 unspecified atom stereocenters. The second-order valence-electron chi connectivity index (χ2n) is 16.0. The summed E-state index contributed by atoms with van der Waals surface area (Å²) in [5.41, 5.74) is 0. The van der Waals surface area contributed by atoms with Crippen molar-refractivity contribution >= 4 is 17.9 Å². The highest BCUT2D eigenvalue weighted by atomic mass is 16.6. The maximum Gasteiger partial charge on any atom is 0.306 e. The van der Waals surface area contributed by atoms with E-state index >= 15 is 0 Å². The number of allylic oxidation sites excluding steroid dienone is 4. The minimum atomic E-state index is -0.769. The molecule has 1 atom stereocenters. The molecule has 0 radical (unpaired) electrons. The van der Waals surface area contributed by atoms with Gasteiger partial charge in [0.2, 0.25) is 0 Å². The lowest BCUT2D eigenvalue weighted by molar-refractivity contribution is -0.167. The minimum Gasteiger partial charge on any atom is -0.462 e. The van der Waals surface area contributed by atoms with Crippen LogP contribution in [0, 0.1) is 0 Å². The molecule has 6 nitrogen and oxygen atoms in total. The van der Waals surface area contributed by atoms with E-state index < -0.39 is 6.10 Å². The first-order chi connectivity index (χ1) is 27.0. The minimum absolute atomic E-state index is 0.0716. The molecule has 0 fully saturated rings. The quantitative estimate of drug-likeness (QED) is 0.0266. The zero-order valence-corrected chi connectivity index (χ0v) is 36.7. The zero-order chi connectivity index (χ0) is 40.1. The first-order valence-electron chi connectivity index (χ1n) is 23.8. The highest BCUT2D eigenvalue weighted by molar-refractivity contribution is 5.71. The summed E-state index contributed by atoms with van der Waals surface area (Å²) in [7, 11) is 0. The van der Waals surface area contributed by atoms with Crippen LogP contribution in [0.5, 0.6) is 0 Å². The van der Waals surface area contributed by atoms with Crippen molar-refractivity contribution in [3.63, 3.8) is 0 Å². The molecule has 0 saturated heterocycles. The third-order valence-corrected chi connectivity index (χ3v) is 10.5. The fraction of sp³-hybridized carbons (Fsp3) is 0.857. The Labute approximate surface area is 341 Å². The normalized spacial score (nSPS) is 12.1. The van der Waals surface area contributed by atoms with Crippen molar-refractivity contribution in [3.05, 3.63) is 24.3 Å². The Balaban J connectivity index is 4.36. The van der Waals surface area contributed by atoms with Crippen molar-refractivity contribution in [1.29, 1.82) is 0 Å². The highest BCUT2D eigenvalue weighted by Gasteiger charge is 2.19. The molecule has 0 aromatic heterocycles. The van der Waals surface area contributed by atoms with Crippen LogP contribution < -0.4 is 0 Å². The number of hydrogen-bond acceptors (Lipinski definition) is 6. The van der Waals surface area contributed by atoms with Crippen LogP contribution >= 0.6 is 0 Å². The summed E-state index contributed by atoms with van der Waals surface area (Å²) in [6.45, 7) is 6.58. The average Bonchev–Trinajstić information content (AvgIpc) is 3.18. The largest absolute Gasteiger partial charge is 0.462 e. The smallest absolute Gasteiger partial charge is 0.306 e. The molecule has 6 heteroatoms. The van der Waals surface area contributed by atoms with Crippen molar-refractivity contribution in [1.82, 2.24) is 0 Å². The topological polar surface area (TPSA) is 78.9 Å². The molecule has 0 amide bonds. The van der Waals surface area contributed by atoms with E-state index in [2.05, 4.69) is 45.1 Å². The second kappa shape index (κ2) is 44.6. The van der Waals surface area contributed by atoms with Gasteiger partial charge in [-0.3, -0.25) is 14.4 Å². The first-order valence-corrected chi connectivity index (χ1v) is 23.8. The Hall–Kier alpha value is -2.11. The molecule has 0 N–H and O–H groups in total. The number of hydrogen-bond donors (Lipinski definition) is 0. The lowest BCUT2D eigenvalue weighted by Gasteiger charge is -2.18. The predicted octanol–water partition coefficient (Wildman–Crippen LogP) is 15.2. The molecule has 0 aliphatic carbocycles. The van der Waals surface area contributed by atoms with Crippen LogP contribution in [0.4, 0.5) is 0 Å². The molecule has 0 rings (SSSR count). The van der Waals surface area contributed by atoms with Gasteiger partial charge in [-0.1, -0.05) is 212 Å². The van der Waals surface area contributed by atoms with E-state index in [-0.39, 0.29) is 31.1 Å². The molecule has 0 aromatic carbocycles. The van der Waals surface area contributed by atoms with Crippen molar-refractivity contribution in [2.45, 2.75) is 258 Å². The zero-order valence-electron chi connectivity index (χ0n) is 36.7. The van der Waals surface area contributed by atoms with E-state index in [1.54, 1.807) is 0 Å². The summed E-state index contributed by atoms with van der Waals surface area (Å²) in [6, 6.07) is 0. The predicted molar refractivity (Wildman–Crippen MR) is 233 cm³/mol. The van der Waals surface area contributed by atoms with Gasteiger partial charge in [-0.25, -0.2) is 0 Å².